The minimum Gasteiger partial charge on any atom is -0.368 e. The van der Waals surface area contributed by atoms with E-state index in [-0.39, 0.29) is 0 Å². The molecule has 0 saturated carbocycles. The van der Waals surface area contributed by atoms with E-state index in [1.165, 1.54) is 4.90 Å². The van der Waals surface area contributed by atoms with Gasteiger partial charge in [-0.15, -0.1) is 13.2 Å². The van der Waals surface area contributed by atoms with E-state index in [0.717, 1.165) is 5.69 Å². The zero-order chi connectivity index (χ0) is 17.5. The fourth-order valence-corrected chi connectivity index (χ4v) is 2.85. The Balaban J connectivity index is 1.95. The summed E-state index contributed by atoms with van der Waals surface area (Å²) >= 11 is 6.02. The highest BCUT2D eigenvalue weighted by Gasteiger charge is 2.28. The maximum atomic E-state index is 12.4. The van der Waals surface area contributed by atoms with Crippen LogP contribution in [-0.4, -0.2) is 60.9 Å². The number of carbonyl (C=O) groups is 2. The second-order valence-corrected chi connectivity index (χ2v) is 5.98. The van der Waals surface area contributed by atoms with Gasteiger partial charge in [-0.1, -0.05) is 29.8 Å². The van der Waals surface area contributed by atoms with Crippen molar-refractivity contribution in [1.82, 2.24) is 9.80 Å². The highest BCUT2D eigenvalue weighted by atomic mass is 35.5. The van der Waals surface area contributed by atoms with Gasteiger partial charge >= 0.3 is 11.8 Å². The molecule has 1 aromatic carbocycles. The molecule has 0 aliphatic carbocycles. The molecule has 128 valence electrons. The Morgan fingerprint density at radius 2 is 1.75 bits per heavy atom. The highest BCUT2D eigenvalue weighted by molar-refractivity contribution is 6.35. The van der Waals surface area contributed by atoms with Crippen LogP contribution in [0.5, 0.6) is 0 Å². The first-order chi connectivity index (χ1) is 11.6. The van der Waals surface area contributed by atoms with E-state index in [4.69, 9.17) is 11.6 Å². The molecule has 6 heteroatoms. The predicted molar refractivity (Wildman–Crippen MR) is 97.2 cm³/mol. The standard InChI is InChI=1S/C18H22ClN3O2/c1-3-8-21(9-4-2)17(23)18(24)22-12-10-20(11-13-22)16-7-5-6-15(19)14-16/h3-7,14H,1-2,8-13H2. The summed E-state index contributed by atoms with van der Waals surface area (Å²) in [4.78, 5) is 29.9. The third-order valence-electron chi connectivity index (χ3n) is 3.91. The van der Waals surface area contributed by atoms with Crippen LogP contribution in [0.4, 0.5) is 5.69 Å². The second-order valence-electron chi connectivity index (χ2n) is 5.55. The number of halogens is 1. The first kappa shape index (κ1) is 18.1. The molecule has 24 heavy (non-hydrogen) atoms. The first-order valence-electron chi connectivity index (χ1n) is 7.87. The summed E-state index contributed by atoms with van der Waals surface area (Å²) in [6, 6.07) is 7.63. The van der Waals surface area contributed by atoms with E-state index < -0.39 is 11.8 Å². The van der Waals surface area contributed by atoms with Crippen molar-refractivity contribution >= 4 is 29.1 Å². The maximum absolute atomic E-state index is 12.4. The predicted octanol–water partition coefficient (Wildman–Crippen LogP) is 2.19. The Labute approximate surface area is 147 Å². The minimum atomic E-state index is -0.508. The lowest BCUT2D eigenvalue weighted by molar-refractivity contribution is -0.151. The average molecular weight is 348 g/mol. The van der Waals surface area contributed by atoms with Crippen LogP contribution in [0.1, 0.15) is 0 Å². The fraction of sp³-hybridized carbons (Fsp3) is 0.333. The number of amides is 2. The SMILES string of the molecule is C=CCN(CC=C)C(=O)C(=O)N1CCN(c2cccc(Cl)c2)CC1. The number of rotatable bonds is 5. The molecule has 2 amide bonds. The molecule has 0 N–H and O–H groups in total. The van der Waals surface area contributed by atoms with E-state index in [1.54, 1.807) is 17.1 Å². The summed E-state index contributed by atoms with van der Waals surface area (Å²) in [7, 11) is 0. The summed E-state index contributed by atoms with van der Waals surface area (Å²) in [6.07, 6.45) is 3.21. The topological polar surface area (TPSA) is 43.9 Å². The van der Waals surface area contributed by atoms with Crippen LogP contribution in [0.2, 0.25) is 5.02 Å². The lowest BCUT2D eigenvalue weighted by Gasteiger charge is -2.36. The molecule has 5 nitrogen and oxygen atoms in total. The monoisotopic (exact) mass is 347 g/mol. The second kappa shape index (κ2) is 8.55. The molecule has 0 aromatic heterocycles. The molecular weight excluding hydrogens is 326 g/mol. The van der Waals surface area contributed by atoms with Crippen molar-refractivity contribution in [2.24, 2.45) is 0 Å². The summed E-state index contributed by atoms with van der Waals surface area (Å²) < 4.78 is 0. The third kappa shape index (κ3) is 4.38. The van der Waals surface area contributed by atoms with Gasteiger partial charge in [-0.05, 0) is 18.2 Å². The molecule has 1 fully saturated rings. The number of hydrogen-bond donors (Lipinski definition) is 0. The lowest BCUT2D eigenvalue weighted by atomic mass is 10.2. The smallest absolute Gasteiger partial charge is 0.312 e. The first-order valence-corrected chi connectivity index (χ1v) is 8.25. The Kier molecular flexibility index (Phi) is 6.44. The quantitative estimate of drug-likeness (QED) is 0.606. The normalized spacial score (nSPS) is 14.2. The maximum Gasteiger partial charge on any atom is 0.312 e. The zero-order valence-electron chi connectivity index (χ0n) is 13.7. The lowest BCUT2D eigenvalue weighted by Crippen LogP contribution is -2.53. The molecule has 1 aliphatic heterocycles. The Morgan fingerprint density at radius 1 is 1.12 bits per heavy atom. The van der Waals surface area contributed by atoms with Crippen molar-refractivity contribution in [3.05, 3.63) is 54.6 Å². The molecule has 0 atom stereocenters. The number of benzene rings is 1. The number of anilines is 1. The summed E-state index contributed by atoms with van der Waals surface area (Å²) in [5, 5.41) is 0.686. The molecule has 0 radical (unpaired) electrons. The summed E-state index contributed by atoms with van der Waals surface area (Å²) in [5.74, 6) is -0.976. The van der Waals surface area contributed by atoms with Crippen molar-refractivity contribution < 1.29 is 9.59 Å². The fourth-order valence-electron chi connectivity index (χ4n) is 2.66. The molecule has 0 unspecified atom stereocenters. The number of piperazine rings is 1. The molecule has 0 spiro atoms. The minimum absolute atomic E-state index is 0.332. The van der Waals surface area contributed by atoms with Gasteiger partial charge in [-0.25, -0.2) is 0 Å². The zero-order valence-corrected chi connectivity index (χ0v) is 14.4. The van der Waals surface area contributed by atoms with Crippen LogP contribution in [0.3, 0.4) is 0 Å². The molecule has 1 saturated heterocycles. The molecular formula is C18H22ClN3O2. The molecule has 1 aromatic rings. The summed E-state index contributed by atoms with van der Waals surface area (Å²) in [5.41, 5.74) is 1.03. The average Bonchev–Trinajstić information content (AvgIpc) is 2.60. The van der Waals surface area contributed by atoms with Crippen molar-refractivity contribution in [3.63, 3.8) is 0 Å². The van der Waals surface area contributed by atoms with Crippen molar-refractivity contribution in [2.45, 2.75) is 0 Å². The van der Waals surface area contributed by atoms with E-state index in [9.17, 15) is 9.59 Å². The van der Waals surface area contributed by atoms with Crippen molar-refractivity contribution in [1.29, 1.82) is 0 Å². The molecule has 0 bridgehead atoms. The van der Waals surface area contributed by atoms with E-state index >= 15 is 0 Å². The van der Waals surface area contributed by atoms with Gasteiger partial charge in [-0.3, -0.25) is 9.59 Å². The van der Waals surface area contributed by atoms with Gasteiger partial charge in [0.15, 0.2) is 0 Å². The van der Waals surface area contributed by atoms with Crippen LogP contribution in [-0.2, 0) is 9.59 Å². The van der Waals surface area contributed by atoms with Crippen LogP contribution in [0.25, 0.3) is 0 Å². The van der Waals surface area contributed by atoms with Crippen LogP contribution >= 0.6 is 11.6 Å². The van der Waals surface area contributed by atoms with E-state index in [1.807, 2.05) is 24.3 Å². The number of hydrogen-bond acceptors (Lipinski definition) is 3. The molecule has 1 heterocycles. The molecule has 1 aliphatic rings. The van der Waals surface area contributed by atoms with Crippen molar-refractivity contribution in [3.8, 4) is 0 Å². The number of carbonyl (C=O) groups excluding carboxylic acids is 2. The molecule has 2 rings (SSSR count). The van der Waals surface area contributed by atoms with Gasteiger partial charge in [-0.2, -0.15) is 0 Å². The van der Waals surface area contributed by atoms with Gasteiger partial charge in [0.2, 0.25) is 0 Å². The highest BCUT2D eigenvalue weighted by Crippen LogP contribution is 2.20. The Morgan fingerprint density at radius 3 is 2.29 bits per heavy atom. The summed E-state index contributed by atoms with van der Waals surface area (Å²) in [6.45, 7) is 10.3. The number of nitrogens with zero attached hydrogens (tertiary/aromatic N) is 3. The van der Waals surface area contributed by atoms with Gasteiger partial charge in [0, 0.05) is 50.0 Å². The van der Waals surface area contributed by atoms with Gasteiger partial charge < -0.3 is 14.7 Å². The van der Waals surface area contributed by atoms with Gasteiger partial charge in [0.25, 0.3) is 0 Å². The van der Waals surface area contributed by atoms with Crippen LogP contribution in [0, 0.1) is 0 Å². The Hall–Kier alpha value is -2.27. The van der Waals surface area contributed by atoms with Crippen LogP contribution in [0.15, 0.2) is 49.6 Å². The van der Waals surface area contributed by atoms with Gasteiger partial charge in [0.05, 0.1) is 0 Å². The van der Waals surface area contributed by atoms with E-state index in [2.05, 4.69) is 18.1 Å². The largest absolute Gasteiger partial charge is 0.368 e. The Bertz CT molecular complexity index is 614. The van der Waals surface area contributed by atoms with E-state index in [0.29, 0.717) is 44.3 Å². The van der Waals surface area contributed by atoms with Gasteiger partial charge in [0.1, 0.15) is 0 Å². The van der Waals surface area contributed by atoms with Crippen molar-refractivity contribution in [2.75, 3.05) is 44.2 Å². The van der Waals surface area contributed by atoms with Crippen LogP contribution < -0.4 is 4.90 Å². The third-order valence-corrected chi connectivity index (χ3v) is 4.14.